The highest BCUT2D eigenvalue weighted by Crippen LogP contribution is 2.33. The number of halogens is 3. The maximum Gasteiger partial charge on any atom is 0.337 e. The smallest absolute Gasteiger partial charge is 0.337 e. The molecule has 0 spiro atoms. The Morgan fingerprint density at radius 3 is 2.36 bits per heavy atom. The summed E-state index contributed by atoms with van der Waals surface area (Å²) in [4.78, 5) is 10.5. The van der Waals surface area contributed by atoms with Crippen LogP contribution in [0, 0.1) is 0 Å². The lowest BCUT2D eigenvalue weighted by atomic mass is 10.1. The Balaban J connectivity index is 3.26. The van der Waals surface area contributed by atoms with Crippen LogP contribution in [-0.4, -0.2) is 16.2 Å². The number of carboxylic acid groups (broad SMARTS) is 1. The van der Waals surface area contributed by atoms with Crippen LogP contribution in [0.3, 0.4) is 0 Å². The van der Waals surface area contributed by atoms with Gasteiger partial charge in [-0.3, -0.25) is 0 Å². The molecule has 2 N–H and O–H groups in total. The number of hydrogen-bond donors (Lipinski definition) is 2. The third kappa shape index (κ3) is 2.30. The van der Waals surface area contributed by atoms with Crippen molar-refractivity contribution in [1.29, 1.82) is 0 Å². The van der Waals surface area contributed by atoms with Crippen molar-refractivity contribution in [2.45, 2.75) is 6.10 Å². The fourth-order valence-electron chi connectivity index (χ4n) is 0.908. The number of rotatable bonds is 2. The molecule has 1 aromatic rings. The molecule has 1 rings (SSSR count). The lowest BCUT2D eigenvalue weighted by molar-refractivity contribution is -0.146. The summed E-state index contributed by atoms with van der Waals surface area (Å²) < 4.78 is 0. The van der Waals surface area contributed by atoms with E-state index in [9.17, 15) is 9.90 Å². The Morgan fingerprint density at radius 2 is 1.86 bits per heavy atom. The molecule has 0 aromatic heterocycles. The third-order valence-corrected chi connectivity index (χ3v) is 2.58. The highest BCUT2D eigenvalue weighted by Gasteiger charge is 2.21. The number of benzene rings is 1. The van der Waals surface area contributed by atoms with Gasteiger partial charge in [0.15, 0.2) is 6.10 Å². The van der Waals surface area contributed by atoms with E-state index in [4.69, 9.17) is 39.9 Å². The summed E-state index contributed by atoms with van der Waals surface area (Å²) in [6.45, 7) is 0. The largest absolute Gasteiger partial charge is 0.479 e. The molecule has 0 radical (unpaired) electrons. The molecule has 76 valence electrons. The Kier molecular flexibility index (Phi) is 3.61. The Labute approximate surface area is 94.8 Å². The number of carboxylic acids is 1. The van der Waals surface area contributed by atoms with Crippen LogP contribution in [-0.2, 0) is 4.79 Å². The molecule has 0 saturated carbocycles. The first-order valence-corrected chi connectivity index (χ1v) is 4.62. The lowest BCUT2D eigenvalue weighted by Gasteiger charge is -2.09. The molecule has 0 bridgehead atoms. The molecule has 3 nitrogen and oxygen atoms in total. The monoisotopic (exact) mass is 254 g/mol. The predicted molar refractivity (Wildman–Crippen MR) is 54.1 cm³/mol. The zero-order chi connectivity index (χ0) is 10.9. The Bertz CT molecular complexity index is 378. The van der Waals surface area contributed by atoms with Gasteiger partial charge in [0.05, 0.1) is 10.0 Å². The van der Waals surface area contributed by atoms with Gasteiger partial charge in [-0.1, -0.05) is 34.8 Å². The van der Waals surface area contributed by atoms with Crippen molar-refractivity contribution in [3.63, 3.8) is 0 Å². The zero-order valence-electron chi connectivity index (χ0n) is 6.67. The van der Waals surface area contributed by atoms with Gasteiger partial charge < -0.3 is 10.2 Å². The molecule has 0 saturated heterocycles. The number of carbonyl (C=O) groups is 1. The van der Waals surface area contributed by atoms with Crippen molar-refractivity contribution in [3.05, 3.63) is 32.8 Å². The first-order valence-electron chi connectivity index (χ1n) is 3.48. The van der Waals surface area contributed by atoms with Crippen LogP contribution in [0.25, 0.3) is 0 Å². The second kappa shape index (κ2) is 4.36. The summed E-state index contributed by atoms with van der Waals surface area (Å²) in [5, 5.41) is 18.1. The molecule has 1 aromatic carbocycles. The van der Waals surface area contributed by atoms with Crippen molar-refractivity contribution < 1.29 is 15.0 Å². The van der Waals surface area contributed by atoms with Gasteiger partial charge in [-0.05, 0) is 12.1 Å². The van der Waals surface area contributed by atoms with Crippen LogP contribution >= 0.6 is 34.8 Å². The quantitative estimate of drug-likeness (QED) is 0.799. The van der Waals surface area contributed by atoms with E-state index in [1.54, 1.807) is 0 Å². The maximum absolute atomic E-state index is 10.5. The van der Waals surface area contributed by atoms with E-state index in [0.29, 0.717) is 0 Å². The van der Waals surface area contributed by atoms with Gasteiger partial charge in [0.25, 0.3) is 0 Å². The first-order chi connectivity index (χ1) is 6.43. The first kappa shape index (κ1) is 11.6. The summed E-state index contributed by atoms with van der Waals surface area (Å²) in [5.74, 6) is -1.41. The summed E-state index contributed by atoms with van der Waals surface area (Å²) in [5.41, 5.74) is -0.0170. The molecule has 0 heterocycles. The van der Waals surface area contributed by atoms with Crippen molar-refractivity contribution in [2.24, 2.45) is 0 Å². The van der Waals surface area contributed by atoms with Crippen LogP contribution in [0.1, 0.15) is 11.7 Å². The second-order valence-electron chi connectivity index (χ2n) is 2.53. The van der Waals surface area contributed by atoms with Gasteiger partial charge in [-0.25, -0.2) is 4.79 Å². The Hall–Kier alpha value is -0.480. The molecule has 0 aliphatic heterocycles. The molecule has 6 heteroatoms. The molecule has 14 heavy (non-hydrogen) atoms. The van der Waals surface area contributed by atoms with Crippen molar-refractivity contribution in [2.75, 3.05) is 0 Å². The Morgan fingerprint density at radius 1 is 1.29 bits per heavy atom. The van der Waals surface area contributed by atoms with Crippen molar-refractivity contribution in [3.8, 4) is 0 Å². The zero-order valence-corrected chi connectivity index (χ0v) is 8.94. The van der Waals surface area contributed by atoms with Gasteiger partial charge in [-0.15, -0.1) is 0 Å². The lowest BCUT2D eigenvalue weighted by Crippen LogP contribution is -2.11. The van der Waals surface area contributed by atoms with Gasteiger partial charge in [0.1, 0.15) is 0 Å². The van der Waals surface area contributed by atoms with E-state index < -0.39 is 12.1 Å². The molecule has 0 aliphatic carbocycles. The predicted octanol–water partition coefficient (Wildman–Crippen LogP) is 2.76. The van der Waals surface area contributed by atoms with Gasteiger partial charge in [0, 0.05) is 10.6 Å². The topological polar surface area (TPSA) is 57.5 Å². The minimum Gasteiger partial charge on any atom is -0.479 e. The maximum atomic E-state index is 10.5. The number of aliphatic carboxylic acids is 1. The molecule has 0 fully saturated rings. The molecular formula is C8H5Cl3O3. The SMILES string of the molecule is O=C(O)C(O)c1cc(Cl)cc(Cl)c1Cl. The van der Waals surface area contributed by atoms with E-state index >= 15 is 0 Å². The van der Waals surface area contributed by atoms with Gasteiger partial charge >= 0.3 is 5.97 Å². The van der Waals surface area contributed by atoms with Crippen LogP contribution in [0.2, 0.25) is 15.1 Å². The van der Waals surface area contributed by atoms with E-state index in [-0.39, 0.29) is 20.6 Å². The van der Waals surface area contributed by atoms with Crippen LogP contribution in [0.4, 0.5) is 0 Å². The summed E-state index contributed by atoms with van der Waals surface area (Å²) in [6, 6.07) is 2.62. The van der Waals surface area contributed by atoms with E-state index in [1.807, 2.05) is 0 Å². The van der Waals surface area contributed by atoms with E-state index in [1.165, 1.54) is 12.1 Å². The molecule has 0 aliphatic rings. The number of aliphatic hydroxyl groups excluding tert-OH is 1. The van der Waals surface area contributed by atoms with Crippen LogP contribution < -0.4 is 0 Å². The normalized spacial score (nSPS) is 12.6. The van der Waals surface area contributed by atoms with Crippen molar-refractivity contribution in [1.82, 2.24) is 0 Å². The highest BCUT2D eigenvalue weighted by atomic mass is 35.5. The minimum absolute atomic E-state index is 0.00836. The standard InChI is InChI=1S/C8H5Cl3O3/c9-3-1-4(7(12)8(13)14)6(11)5(10)2-3/h1-2,7,12H,(H,13,14). The number of hydrogen-bond acceptors (Lipinski definition) is 2. The minimum atomic E-state index is -1.72. The summed E-state index contributed by atoms with van der Waals surface area (Å²) >= 11 is 17.0. The van der Waals surface area contributed by atoms with Crippen LogP contribution in [0.5, 0.6) is 0 Å². The summed E-state index contributed by atoms with van der Waals surface area (Å²) in [6.07, 6.45) is -1.72. The highest BCUT2D eigenvalue weighted by molar-refractivity contribution is 6.43. The molecule has 1 unspecified atom stereocenters. The average molecular weight is 255 g/mol. The molecule has 0 amide bonds. The van der Waals surface area contributed by atoms with E-state index in [2.05, 4.69) is 0 Å². The third-order valence-electron chi connectivity index (χ3n) is 1.55. The average Bonchev–Trinajstić information content (AvgIpc) is 2.09. The number of aliphatic hydroxyl groups is 1. The van der Waals surface area contributed by atoms with Crippen molar-refractivity contribution >= 4 is 40.8 Å². The van der Waals surface area contributed by atoms with E-state index in [0.717, 1.165) is 0 Å². The van der Waals surface area contributed by atoms with Gasteiger partial charge in [-0.2, -0.15) is 0 Å². The molecule has 1 atom stereocenters. The fraction of sp³-hybridized carbons (Fsp3) is 0.125. The second-order valence-corrected chi connectivity index (χ2v) is 3.75. The van der Waals surface area contributed by atoms with Crippen LogP contribution in [0.15, 0.2) is 12.1 Å². The van der Waals surface area contributed by atoms with Gasteiger partial charge in [0.2, 0.25) is 0 Å². The fourth-order valence-corrected chi connectivity index (χ4v) is 1.63. The molecular weight excluding hydrogens is 250 g/mol. The summed E-state index contributed by atoms with van der Waals surface area (Å²) in [7, 11) is 0.